The van der Waals surface area contributed by atoms with Gasteiger partial charge in [0.1, 0.15) is 24.1 Å². The monoisotopic (exact) mass is 524 g/mol. The zero-order valence-electron chi connectivity index (χ0n) is 21.6. The number of benzene rings is 3. The summed E-state index contributed by atoms with van der Waals surface area (Å²) in [5.74, 6) is 0.150. The number of nitrogens with zero attached hydrogens (tertiary/aromatic N) is 4. The van der Waals surface area contributed by atoms with Gasteiger partial charge in [0.15, 0.2) is 5.69 Å². The molecule has 0 saturated carbocycles. The van der Waals surface area contributed by atoms with Crippen molar-refractivity contribution in [3.05, 3.63) is 118 Å². The molecule has 0 aliphatic carbocycles. The number of aryl methyl sites for hydroxylation is 1. The van der Waals surface area contributed by atoms with Crippen molar-refractivity contribution in [2.75, 3.05) is 13.7 Å². The van der Waals surface area contributed by atoms with Crippen LogP contribution in [-0.2, 0) is 24.3 Å². The zero-order chi connectivity index (χ0) is 27.4. The van der Waals surface area contributed by atoms with E-state index in [4.69, 9.17) is 21.0 Å². The fourth-order valence-corrected chi connectivity index (χ4v) is 4.43. The van der Waals surface area contributed by atoms with Gasteiger partial charge in [-0.1, -0.05) is 30.3 Å². The van der Waals surface area contributed by atoms with Gasteiger partial charge in [-0.25, -0.2) is 23.6 Å². The first-order valence-electron chi connectivity index (χ1n) is 12.4. The van der Waals surface area contributed by atoms with Gasteiger partial charge in [-0.2, -0.15) is 0 Å². The Bertz CT molecular complexity index is 1690. The summed E-state index contributed by atoms with van der Waals surface area (Å²) in [6.07, 6.45) is 0.461. The van der Waals surface area contributed by atoms with Crippen LogP contribution in [0.25, 0.3) is 27.1 Å². The first-order chi connectivity index (χ1) is 18.9. The maximum Gasteiger partial charge on any atom is 0.214 e. The molecule has 0 atom stereocenters. The Morgan fingerprint density at radius 1 is 0.949 bits per heavy atom. The minimum absolute atomic E-state index is 0.0639. The van der Waals surface area contributed by atoms with Crippen LogP contribution in [0, 0.1) is 25.1 Å². The third kappa shape index (κ3) is 5.79. The van der Waals surface area contributed by atoms with Crippen LogP contribution in [-0.4, -0.2) is 28.3 Å². The predicted molar refractivity (Wildman–Crippen MR) is 146 cm³/mol. The van der Waals surface area contributed by atoms with E-state index in [0.29, 0.717) is 36.4 Å². The number of halogens is 2. The molecule has 0 saturated heterocycles. The van der Waals surface area contributed by atoms with E-state index in [9.17, 15) is 4.39 Å². The predicted octanol–water partition coefficient (Wildman–Crippen LogP) is 7.05. The normalized spacial score (nSPS) is 11.1. The topological polar surface area (TPSA) is 53.5 Å². The number of methoxy groups -OCH3 is 1. The first-order valence-corrected chi connectivity index (χ1v) is 12.4. The lowest BCUT2D eigenvalue weighted by atomic mass is 10.1. The van der Waals surface area contributed by atoms with Gasteiger partial charge < -0.3 is 14.0 Å². The van der Waals surface area contributed by atoms with Gasteiger partial charge in [0.2, 0.25) is 5.88 Å². The molecular formula is C31H26F2N4O2. The molecule has 3 aromatic carbocycles. The number of fused-ring (bicyclic) bond motifs is 1. The summed E-state index contributed by atoms with van der Waals surface area (Å²) in [7, 11) is 1.67. The molecule has 196 valence electrons. The van der Waals surface area contributed by atoms with Crippen molar-refractivity contribution >= 4 is 16.7 Å². The standard InChI is InChI=1S/C31H26F2N4O2/c1-20-7-12-28-29(15-20)37(13-14-38-3)30(35-28)17-21-8-11-24(26(33)16-21)27-5-4-6-31(36-27)39-19-22-9-10-23(34-2)18-25(22)32/h4-12,15-16,18H,13-14,17,19H2,1,3H3. The second-order valence-corrected chi connectivity index (χ2v) is 9.19. The van der Waals surface area contributed by atoms with Gasteiger partial charge in [-0.05, 0) is 54.4 Å². The van der Waals surface area contributed by atoms with Crippen molar-refractivity contribution < 1.29 is 18.3 Å². The molecule has 0 N–H and O–H groups in total. The number of ether oxygens (including phenoxy) is 2. The summed E-state index contributed by atoms with van der Waals surface area (Å²) in [6.45, 7) is 10.2. The van der Waals surface area contributed by atoms with Gasteiger partial charge >= 0.3 is 0 Å². The van der Waals surface area contributed by atoms with Crippen molar-refractivity contribution in [3.8, 4) is 17.1 Å². The Balaban J connectivity index is 1.35. The molecule has 0 amide bonds. The van der Waals surface area contributed by atoms with Crippen molar-refractivity contribution in [2.24, 2.45) is 0 Å². The van der Waals surface area contributed by atoms with Crippen LogP contribution in [0.3, 0.4) is 0 Å². The minimum atomic E-state index is -0.521. The van der Waals surface area contributed by atoms with Crippen molar-refractivity contribution in [2.45, 2.75) is 26.5 Å². The van der Waals surface area contributed by atoms with E-state index >= 15 is 4.39 Å². The smallest absolute Gasteiger partial charge is 0.214 e. The molecule has 5 rings (SSSR count). The van der Waals surface area contributed by atoms with Gasteiger partial charge in [0, 0.05) is 37.3 Å². The number of aromatic nitrogens is 3. The molecule has 0 aliphatic rings. The van der Waals surface area contributed by atoms with Gasteiger partial charge in [-0.3, -0.25) is 0 Å². The number of imidazole rings is 1. The van der Waals surface area contributed by atoms with Gasteiger partial charge in [0.05, 0.1) is 29.9 Å². The Labute approximate surface area is 225 Å². The van der Waals surface area contributed by atoms with Gasteiger partial charge in [-0.15, -0.1) is 0 Å². The van der Waals surface area contributed by atoms with E-state index in [-0.39, 0.29) is 18.2 Å². The molecule has 0 fully saturated rings. The minimum Gasteiger partial charge on any atom is -0.473 e. The van der Waals surface area contributed by atoms with E-state index in [1.807, 2.05) is 25.1 Å². The van der Waals surface area contributed by atoms with Crippen LogP contribution in [0.1, 0.15) is 22.5 Å². The number of rotatable bonds is 9. The highest BCUT2D eigenvalue weighted by atomic mass is 19.1. The summed E-state index contributed by atoms with van der Waals surface area (Å²) < 4.78 is 42.6. The van der Waals surface area contributed by atoms with Crippen LogP contribution in [0.4, 0.5) is 14.5 Å². The number of pyridine rings is 1. The molecule has 5 aromatic rings. The summed E-state index contributed by atoms with van der Waals surface area (Å²) in [5.41, 5.74) is 5.12. The number of hydrogen-bond acceptors (Lipinski definition) is 4. The van der Waals surface area contributed by atoms with E-state index in [1.165, 1.54) is 24.3 Å². The maximum absolute atomic E-state index is 15.3. The Hall–Kier alpha value is -4.61. The van der Waals surface area contributed by atoms with Crippen LogP contribution in [0.5, 0.6) is 5.88 Å². The van der Waals surface area contributed by atoms with Crippen molar-refractivity contribution in [1.82, 2.24) is 14.5 Å². The first kappa shape index (κ1) is 26.0. The molecular weight excluding hydrogens is 498 g/mol. The summed E-state index contributed by atoms with van der Waals surface area (Å²) in [4.78, 5) is 12.4. The second kappa shape index (κ2) is 11.4. The van der Waals surface area contributed by atoms with Crippen LogP contribution in [0.15, 0.2) is 72.8 Å². The molecule has 0 unspecified atom stereocenters. The zero-order valence-corrected chi connectivity index (χ0v) is 21.6. The van der Waals surface area contributed by atoms with E-state index in [1.54, 1.807) is 31.4 Å². The lowest BCUT2D eigenvalue weighted by molar-refractivity contribution is 0.187. The fraction of sp³-hybridized carbons (Fsp3) is 0.194. The molecule has 0 spiro atoms. The van der Waals surface area contributed by atoms with E-state index < -0.39 is 11.6 Å². The van der Waals surface area contributed by atoms with Gasteiger partial charge in [0.25, 0.3) is 0 Å². The molecule has 0 aliphatic heterocycles. The van der Waals surface area contributed by atoms with E-state index in [0.717, 1.165) is 28.0 Å². The Kier molecular flexibility index (Phi) is 7.62. The van der Waals surface area contributed by atoms with E-state index in [2.05, 4.69) is 20.5 Å². The highest BCUT2D eigenvalue weighted by Crippen LogP contribution is 2.27. The molecule has 39 heavy (non-hydrogen) atoms. The largest absolute Gasteiger partial charge is 0.473 e. The molecule has 0 bridgehead atoms. The molecule has 2 heterocycles. The van der Waals surface area contributed by atoms with Crippen molar-refractivity contribution in [3.63, 3.8) is 0 Å². The second-order valence-electron chi connectivity index (χ2n) is 9.19. The number of hydrogen-bond donors (Lipinski definition) is 0. The van der Waals surface area contributed by atoms with Crippen molar-refractivity contribution in [1.29, 1.82) is 0 Å². The van der Waals surface area contributed by atoms with Crippen LogP contribution in [0.2, 0.25) is 0 Å². The third-order valence-electron chi connectivity index (χ3n) is 6.44. The lowest BCUT2D eigenvalue weighted by Crippen LogP contribution is -2.09. The Morgan fingerprint density at radius 2 is 1.82 bits per heavy atom. The maximum atomic E-state index is 15.3. The average Bonchev–Trinajstić information content (AvgIpc) is 3.27. The molecule has 0 radical (unpaired) electrons. The highest BCUT2D eigenvalue weighted by molar-refractivity contribution is 5.77. The third-order valence-corrected chi connectivity index (χ3v) is 6.44. The quantitative estimate of drug-likeness (QED) is 0.194. The fourth-order valence-electron chi connectivity index (χ4n) is 4.43. The molecule has 6 nitrogen and oxygen atoms in total. The summed E-state index contributed by atoms with van der Waals surface area (Å²) in [6, 6.07) is 20.4. The SMILES string of the molecule is [C-]#[N+]c1ccc(COc2cccc(-c3ccc(Cc4nc5ccc(C)cc5n4CCOC)cc3F)n2)c(F)c1. The molecule has 2 aromatic heterocycles. The Morgan fingerprint density at radius 3 is 2.59 bits per heavy atom. The summed E-state index contributed by atoms with van der Waals surface area (Å²) in [5, 5.41) is 0. The van der Waals surface area contributed by atoms with Crippen LogP contribution < -0.4 is 4.74 Å². The van der Waals surface area contributed by atoms with Crippen LogP contribution >= 0.6 is 0 Å². The highest BCUT2D eigenvalue weighted by Gasteiger charge is 2.14. The lowest BCUT2D eigenvalue weighted by Gasteiger charge is -2.11. The average molecular weight is 525 g/mol. The summed E-state index contributed by atoms with van der Waals surface area (Å²) >= 11 is 0. The molecule has 8 heteroatoms.